The Kier molecular flexibility index (Phi) is 5.34. The minimum absolute atomic E-state index is 0.152. The molecule has 2 aliphatic rings. The van der Waals surface area contributed by atoms with E-state index >= 15 is 0 Å². The minimum atomic E-state index is -0.210. The van der Waals surface area contributed by atoms with E-state index in [1.165, 1.54) is 25.7 Å². The predicted molar refractivity (Wildman–Crippen MR) is 73.6 cm³/mol. The van der Waals surface area contributed by atoms with E-state index in [9.17, 15) is 9.59 Å². The van der Waals surface area contributed by atoms with Crippen molar-refractivity contribution in [2.75, 3.05) is 6.54 Å². The molecule has 2 amide bonds. The fourth-order valence-corrected chi connectivity index (χ4v) is 2.99. The Bertz CT molecular complexity index is 325. The van der Waals surface area contributed by atoms with Gasteiger partial charge in [0.15, 0.2) is 0 Å². The van der Waals surface area contributed by atoms with Gasteiger partial charge >= 0.3 is 0 Å². The molecule has 5 nitrogen and oxygen atoms in total. The van der Waals surface area contributed by atoms with E-state index in [-0.39, 0.29) is 17.9 Å². The first kappa shape index (κ1) is 14.5. The van der Waals surface area contributed by atoms with E-state index < -0.39 is 0 Å². The summed E-state index contributed by atoms with van der Waals surface area (Å²) in [6, 6.07) is 0.635. The first-order valence-electron chi connectivity index (χ1n) is 7.48. The van der Waals surface area contributed by atoms with Crippen LogP contribution in [-0.4, -0.2) is 36.5 Å². The first-order valence-corrected chi connectivity index (χ1v) is 7.48. The van der Waals surface area contributed by atoms with E-state index in [0.29, 0.717) is 24.9 Å². The highest BCUT2D eigenvalue weighted by Gasteiger charge is 2.28. The molecule has 0 saturated carbocycles. The van der Waals surface area contributed by atoms with Gasteiger partial charge < -0.3 is 10.6 Å². The molecule has 5 heteroatoms. The van der Waals surface area contributed by atoms with Gasteiger partial charge in [-0.1, -0.05) is 12.8 Å². The third-order valence-electron chi connectivity index (χ3n) is 4.03. The molecule has 0 radical (unpaired) electrons. The number of nitrogens with one attached hydrogen (secondary N) is 3. The molecular weight excluding hydrogens is 242 g/mol. The highest BCUT2D eigenvalue weighted by molar-refractivity contribution is 6.00. The topological polar surface area (TPSA) is 70.2 Å². The van der Waals surface area contributed by atoms with Crippen LogP contribution in [0.1, 0.15) is 51.9 Å². The van der Waals surface area contributed by atoms with Gasteiger partial charge in [0, 0.05) is 18.5 Å². The Balaban J connectivity index is 1.75. The Morgan fingerprint density at radius 1 is 1.26 bits per heavy atom. The second kappa shape index (κ2) is 7.01. The molecule has 0 aromatic rings. The number of carbonyl (C=O) groups is 2. The van der Waals surface area contributed by atoms with E-state index in [1.54, 1.807) is 0 Å². The summed E-state index contributed by atoms with van der Waals surface area (Å²) in [6.45, 7) is 3.23. The summed E-state index contributed by atoms with van der Waals surface area (Å²) in [6.07, 6.45) is 7.21. The smallest absolute Gasteiger partial charge is 0.243 e. The molecule has 2 saturated heterocycles. The predicted octanol–water partition coefficient (Wildman–Crippen LogP) is 0.692. The highest BCUT2D eigenvalue weighted by atomic mass is 16.2. The molecule has 2 rings (SSSR count). The van der Waals surface area contributed by atoms with E-state index in [4.69, 9.17) is 0 Å². The molecule has 3 atom stereocenters. The van der Waals surface area contributed by atoms with Crippen molar-refractivity contribution in [2.45, 2.75) is 70.0 Å². The molecule has 19 heavy (non-hydrogen) atoms. The summed E-state index contributed by atoms with van der Waals surface area (Å²) in [5.74, 6) is -0.321. The Labute approximate surface area is 114 Å². The molecular formula is C14H25N3O2. The maximum absolute atomic E-state index is 11.7. The van der Waals surface area contributed by atoms with Crippen molar-refractivity contribution >= 4 is 11.8 Å². The van der Waals surface area contributed by atoms with Crippen molar-refractivity contribution < 1.29 is 9.59 Å². The van der Waals surface area contributed by atoms with Crippen LogP contribution in [0.25, 0.3) is 0 Å². The molecule has 0 aromatic heterocycles. The van der Waals surface area contributed by atoms with Crippen LogP contribution in [0.2, 0.25) is 0 Å². The van der Waals surface area contributed by atoms with E-state index in [1.807, 2.05) is 0 Å². The van der Waals surface area contributed by atoms with Crippen molar-refractivity contribution in [1.29, 1.82) is 0 Å². The van der Waals surface area contributed by atoms with Crippen molar-refractivity contribution in [2.24, 2.45) is 0 Å². The molecule has 2 heterocycles. The molecule has 2 aliphatic heterocycles. The molecule has 108 valence electrons. The molecule has 3 unspecified atom stereocenters. The zero-order chi connectivity index (χ0) is 13.7. The average Bonchev–Trinajstić information content (AvgIpc) is 2.61. The van der Waals surface area contributed by atoms with Gasteiger partial charge in [-0.15, -0.1) is 0 Å². The van der Waals surface area contributed by atoms with Gasteiger partial charge in [-0.3, -0.25) is 14.9 Å². The van der Waals surface area contributed by atoms with Crippen LogP contribution in [0, 0.1) is 0 Å². The third-order valence-corrected chi connectivity index (χ3v) is 4.03. The Morgan fingerprint density at radius 2 is 2.11 bits per heavy atom. The van der Waals surface area contributed by atoms with Gasteiger partial charge in [-0.25, -0.2) is 0 Å². The number of rotatable bonds is 4. The summed E-state index contributed by atoms with van der Waals surface area (Å²) < 4.78 is 0. The minimum Gasteiger partial charge on any atom is -0.314 e. The van der Waals surface area contributed by atoms with Crippen LogP contribution in [0.4, 0.5) is 0 Å². The van der Waals surface area contributed by atoms with Crippen LogP contribution in [0.3, 0.4) is 0 Å². The van der Waals surface area contributed by atoms with Crippen LogP contribution >= 0.6 is 0 Å². The monoisotopic (exact) mass is 267 g/mol. The Hall–Kier alpha value is -0.940. The molecule has 0 bridgehead atoms. The van der Waals surface area contributed by atoms with Crippen LogP contribution in [0.5, 0.6) is 0 Å². The van der Waals surface area contributed by atoms with Crippen LogP contribution in [0.15, 0.2) is 0 Å². The number of carbonyl (C=O) groups excluding carboxylic acids is 2. The first-order chi connectivity index (χ1) is 9.15. The van der Waals surface area contributed by atoms with Crippen molar-refractivity contribution in [1.82, 2.24) is 16.0 Å². The number of hydrogen-bond donors (Lipinski definition) is 3. The number of hydrogen-bond acceptors (Lipinski definition) is 4. The number of amides is 2. The van der Waals surface area contributed by atoms with Gasteiger partial charge in [0.1, 0.15) is 0 Å². The average molecular weight is 267 g/mol. The van der Waals surface area contributed by atoms with Gasteiger partial charge in [0.05, 0.1) is 6.04 Å². The lowest BCUT2D eigenvalue weighted by molar-refractivity contribution is -0.134. The second-order valence-electron chi connectivity index (χ2n) is 5.81. The zero-order valence-corrected chi connectivity index (χ0v) is 11.7. The lowest BCUT2D eigenvalue weighted by Gasteiger charge is -2.27. The SMILES string of the molecule is CC(CC1CCCCCN1)NC1CCC(=O)NC1=O. The van der Waals surface area contributed by atoms with Gasteiger partial charge in [0.25, 0.3) is 0 Å². The lowest BCUT2D eigenvalue weighted by Crippen LogP contribution is -2.53. The largest absolute Gasteiger partial charge is 0.314 e. The van der Waals surface area contributed by atoms with Crippen molar-refractivity contribution in [3.8, 4) is 0 Å². The summed E-state index contributed by atoms with van der Waals surface area (Å²) in [5.41, 5.74) is 0. The molecule has 2 fully saturated rings. The highest BCUT2D eigenvalue weighted by Crippen LogP contribution is 2.14. The fraction of sp³-hybridized carbons (Fsp3) is 0.857. The number of imide groups is 1. The fourth-order valence-electron chi connectivity index (χ4n) is 2.99. The second-order valence-corrected chi connectivity index (χ2v) is 5.81. The summed E-state index contributed by atoms with van der Waals surface area (Å²) in [7, 11) is 0. The third kappa shape index (κ3) is 4.58. The molecule has 0 aliphatic carbocycles. The molecule has 0 spiro atoms. The van der Waals surface area contributed by atoms with Gasteiger partial charge in [-0.05, 0) is 39.2 Å². The van der Waals surface area contributed by atoms with Crippen molar-refractivity contribution in [3.63, 3.8) is 0 Å². The maximum Gasteiger partial charge on any atom is 0.243 e. The molecule has 0 aromatic carbocycles. The summed E-state index contributed by atoms with van der Waals surface area (Å²) in [4.78, 5) is 22.8. The van der Waals surface area contributed by atoms with Crippen LogP contribution in [-0.2, 0) is 9.59 Å². The van der Waals surface area contributed by atoms with E-state index in [0.717, 1.165) is 13.0 Å². The van der Waals surface area contributed by atoms with Crippen molar-refractivity contribution in [3.05, 3.63) is 0 Å². The number of piperidine rings is 1. The standard InChI is InChI=1S/C14H25N3O2/c1-10(9-11-5-3-2-4-8-15-11)16-12-6-7-13(18)17-14(12)19/h10-12,15-16H,2-9H2,1H3,(H,17,18,19). The normalized spacial score (nSPS) is 30.6. The lowest BCUT2D eigenvalue weighted by atomic mass is 10.0. The summed E-state index contributed by atoms with van der Waals surface area (Å²) in [5, 5.41) is 9.32. The van der Waals surface area contributed by atoms with Crippen LogP contribution < -0.4 is 16.0 Å². The molecule has 3 N–H and O–H groups in total. The maximum atomic E-state index is 11.7. The van der Waals surface area contributed by atoms with Gasteiger partial charge in [-0.2, -0.15) is 0 Å². The Morgan fingerprint density at radius 3 is 2.89 bits per heavy atom. The van der Waals surface area contributed by atoms with E-state index in [2.05, 4.69) is 22.9 Å². The van der Waals surface area contributed by atoms with Gasteiger partial charge in [0.2, 0.25) is 11.8 Å². The zero-order valence-electron chi connectivity index (χ0n) is 11.7. The summed E-state index contributed by atoms with van der Waals surface area (Å²) >= 11 is 0. The quantitative estimate of drug-likeness (QED) is 0.656.